The summed E-state index contributed by atoms with van der Waals surface area (Å²) in [5.41, 5.74) is 6.11. The van der Waals surface area contributed by atoms with Gasteiger partial charge in [0.25, 0.3) is 0 Å². The molecule has 0 atom stereocenters. The van der Waals surface area contributed by atoms with Crippen molar-refractivity contribution in [1.29, 1.82) is 0 Å². The second-order valence-electron chi connectivity index (χ2n) is 22.0. The first-order valence-corrected chi connectivity index (χ1v) is 28.3. The molecule has 0 aromatic heterocycles. The van der Waals surface area contributed by atoms with Crippen LogP contribution in [0.5, 0.6) is 0 Å². The van der Waals surface area contributed by atoms with Crippen LogP contribution in [0.25, 0.3) is 0 Å². The van der Waals surface area contributed by atoms with Crippen molar-refractivity contribution < 1.29 is 19.5 Å². The topological polar surface area (TPSA) is 71.4 Å². The molecule has 368 valence electrons. The molecule has 4 heteroatoms. The number of carbonyl (C=O) groups is 3. The first-order chi connectivity index (χ1) is 32.3. The normalized spacial score (nSPS) is 24.1. The van der Waals surface area contributed by atoms with Gasteiger partial charge in [-0.15, -0.1) is 13.2 Å². The van der Waals surface area contributed by atoms with Crippen LogP contribution in [0.15, 0.2) is 83.6 Å². The van der Waals surface area contributed by atoms with Crippen molar-refractivity contribution in [2.75, 3.05) is 0 Å². The maximum atomic E-state index is 13.7. The number of Topliss-reactive ketones (excluding diaryl/α,β-unsaturated/α-hetero) is 2. The molecule has 0 aromatic rings. The zero-order valence-corrected chi connectivity index (χ0v) is 42.3. The van der Waals surface area contributed by atoms with Gasteiger partial charge in [0.2, 0.25) is 0 Å². The van der Waals surface area contributed by atoms with Gasteiger partial charge in [0, 0.05) is 12.8 Å². The van der Waals surface area contributed by atoms with Crippen molar-refractivity contribution in [2.24, 2.45) is 16.2 Å². The van der Waals surface area contributed by atoms with Crippen molar-refractivity contribution in [1.82, 2.24) is 0 Å². The third-order valence-corrected chi connectivity index (χ3v) is 17.1. The summed E-state index contributed by atoms with van der Waals surface area (Å²) < 4.78 is 0. The molecule has 0 aliphatic heterocycles. The number of carboxylic acids is 1. The Hall–Kier alpha value is -3.01. The SMILES string of the molecule is C=CCCC(=O)C1=CCCC2(CCCC2)C1.C=CCCC(=O)C1=CCCC2(CCCC2)C1.O=C(O)C(C1=CCCCCCCCC1)(C1=CCCCCCCCC1)C1=CCCCCCCCC1. The van der Waals surface area contributed by atoms with E-state index in [-0.39, 0.29) is 0 Å². The molecule has 0 amide bonds. The van der Waals surface area contributed by atoms with E-state index in [9.17, 15) is 19.5 Å². The molecule has 7 rings (SSSR count). The first-order valence-electron chi connectivity index (χ1n) is 28.3. The minimum Gasteiger partial charge on any atom is -0.480 e. The second kappa shape index (κ2) is 29.8. The molecule has 0 bridgehead atoms. The predicted octanol–water partition coefficient (Wildman–Crippen LogP) is 18.6. The van der Waals surface area contributed by atoms with Crippen LogP contribution in [0.1, 0.15) is 270 Å². The van der Waals surface area contributed by atoms with E-state index in [2.05, 4.69) is 43.5 Å². The largest absolute Gasteiger partial charge is 0.480 e. The summed E-state index contributed by atoms with van der Waals surface area (Å²) >= 11 is 0. The van der Waals surface area contributed by atoms with Gasteiger partial charge >= 0.3 is 5.97 Å². The molecule has 0 saturated heterocycles. The van der Waals surface area contributed by atoms with Crippen molar-refractivity contribution in [2.45, 2.75) is 270 Å². The highest BCUT2D eigenvalue weighted by atomic mass is 16.4. The molecule has 66 heavy (non-hydrogen) atoms. The maximum absolute atomic E-state index is 13.7. The molecule has 7 aliphatic carbocycles. The molecule has 2 spiro atoms. The fraction of sp³-hybridized carbons (Fsp3) is 0.726. The molecule has 4 nitrogen and oxygen atoms in total. The van der Waals surface area contributed by atoms with Crippen molar-refractivity contribution in [3.05, 3.63) is 83.6 Å². The average molecular weight is 905 g/mol. The van der Waals surface area contributed by atoms with E-state index in [1.54, 1.807) is 0 Å². The highest BCUT2D eigenvalue weighted by Crippen LogP contribution is 2.52. The third kappa shape index (κ3) is 16.6. The fourth-order valence-corrected chi connectivity index (χ4v) is 13.2. The lowest BCUT2D eigenvalue weighted by Crippen LogP contribution is -2.38. The Bertz CT molecular complexity index is 1530. The number of rotatable bonds is 12. The molecule has 2 fully saturated rings. The molecular weight excluding hydrogens is 809 g/mol. The van der Waals surface area contributed by atoms with Crippen LogP contribution in [0.3, 0.4) is 0 Å². The number of hydrogen-bond donors (Lipinski definition) is 1. The van der Waals surface area contributed by atoms with Gasteiger partial charge in [-0.05, 0) is 193 Å². The highest BCUT2D eigenvalue weighted by Gasteiger charge is 2.47. The standard InChI is InChI=1S/C32H52O2.2C15H22O/c33-31(34)32(28-22-16-10-4-1-5-11-17-23-28,29-24-18-12-6-2-7-13-19-25-29)30-26-20-14-8-3-9-15-21-27-30;2*1-2-3-8-14(16)13-7-6-11-15(12-13)9-4-5-10-15/h22,24,26H,1-21,23,25,27H2,(H,33,34);2*2,7H,1,3-6,8-12H2. The second-order valence-corrected chi connectivity index (χ2v) is 22.0. The van der Waals surface area contributed by atoms with Gasteiger partial charge in [-0.25, -0.2) is 0 Å². The number of ketones is 2. The van der Waals surface area contributed by atoms with Crippen LogP contribution in [0.2, 0.25) is 0 Å². The van der Waals surface area contributed by atoms with E-state index >= 15 is 0 Å². The van der Waals surface area contributed by atoms with Crippen LogP contribution < -0.4 is 0 Å². The zero-order chi connectivity index (χ0) is 46.8. The lowest BCUT2D eigenvalue weighted by Gasteiger charge is -2.39. The van der Waals surface area contributed by atoms with E-state index in [0.29, 0.717) is 35.2 Å². The molecule has 0 aromatic carbocycles. The van der Waals surface area contributed by atoms with Crippen LogP contribution in [-0.2, 0) is 14.4 Å². The number of carbonyl (C=O) groups excluding carboxylic acids is 2. The van der Waals surface area contributed by atoms with Gasteiger partial charge in [-0.2, -0.15) is 0 Å². The molecule has 0 heterocycles. The van der Waals surface area contributed by atoms with Crippen molar-refractivity contribution in [3.63, 3.8) is 0 Å². The lowest BCUT2D eigenvalue weighted by molar-refractivity contribution is -0.143. The summed E-state index contributed by atoms with van der Waals surface area (Å²) in [5, 5.41) is 11.2. The van der Waals surface area contributed by atoms with E-state index < -0.39 is 11.4 Å². The summed E-state index contributed by atoms with van der Waals surface area (Å²) in [5.74, 6) is 0.152. The van der Waals surface area contributed by atoms with Crippen molar-refractivity contribution in [3.8, 4) is 0 Å². The quantitative estimate of drug-likeness (QED) is 0.198. The molecule has 0 radical (unpaired) electrons. The number of hydrogen-bond acceptors (Lipinski definition) is 3. The van der Waals surface area contributed by atoms with Gasteiger partial charge < -0.3 is 5.11 Å². The summed E-state index contributed by atoms with van der Waals surface area (Å²) in [6.07, 6.45) is 64.6. The first kappa shape index (κ1) is 53.9. The Kier molecular flexibility index (Phi) is 24.3. The number of aliphatic carboxylic acids is 1. The summed E-state index contributed by atoms with van der Waals surface area (Å²) in [4.78, 5) is 37.6. The van der Waals surface area contributed by atoms with Crippen LogP contribution in [0.4, 0.5) is 0 Å². The fourth-order valence-electron chi connectivity index (χ4n) is 13.2. The monoisotopic (exact) mass is 905 g/mol. The summed E-state index contributed by atoms with van der Waals surface area (Å²) in [7, 11) is 0. The average Bonchev–Trinajstić information content (AvgIpc) is 4.00. The van der Waals surface area contributed by atoms with E-state index in [1.165, 1.54) is 177 Å². The maximum Gasteiger partial charge on any atom is 0.322 e. The van der Waals surface area contributed by atoms with Crippen LogP contribution >= 0.6 is 0 Å². The Labute approximate surface area is 404 Å². The smallest absolute Gasteiger partial charge is 0.322 e. The Morgan fingerprint density at radius 3 is 1.08 bits per heavy atom. The lowest BCUT2D eigenvalue weighted by atomic mass is 9.63. The van der Waals surface area contributed by atoms with Crippen molar-refractivity contribution >= 4 is 17.5 Å². The van der Waals surface area contributed by atoms with Gasteiger partial charge in [0.05, 0.1) is 0 Å². The van der Waals surface area contributed by atoms with E-state index in [0.717, 1.165) is 107 Å². The summed E-state index contributed by atoms with van der Waals surface area (Å²) in [6, 6.07) is 0. The zero-order valence-electron chi connectivity index (χ0n) is 42.3. The molecule has 7 aliphatic rings. The van der Waals surface area contributed by atoms with Gasteiger partial charge in [-0.1, -0.05) is 145 Å². The van der Waals surface area contributed by atoms with Crippen LogP contribution in [0, 0.1) is 16.2 Å². The molecule has 2 saturated carbocycles. The van der Waals surface area contributed by atoms with Gasteiger partial charge in [0.1, 0.15) is 5.41 Å². The third-order valence-electron chi connectivity index (χ3n) is 17.1. The van der Waals surface area contributed by atoms with Gasteiger partial charge in [0.15, 0.2) is 11.6 Å². The Morgan fingerprint density at radius 1 is 0.439 bits per heavy atom. The van der Waals surface area contributed by atoms with E-state index in [4.69, 9.17) is 0 Å². The Balaban J connectivity index is 0.000000211. The predicted molar refractivity (Wildman–Crippen MR) is 280 cm³/mol. The number of carboxylic acid groups (broad SMARTS) is 1. The molecule has 0 unspecified atom stereocenters. The molecule has 1 N–H and O–H groups in total. The minimum atomic E-state index is -0.877. The Morgan fingerprint density at radius 2 is 0.758 bits per heavy atom. The summed E-state index contributed by atoms with van der Waals surface area (Å²) in [6.45, 7) is 7.35. The minimum absolute atomic E-state index is 0.367. The highest BCUT2D eigenvalue weighted by molar-refractivity contribution is 5.96. The van der Waals surface area contributed by atoms with Gasteiger partial charge in [-0.3, -0.25) is 14.4 Å². The van der Waals surface area contributed by atoms with E-state index in [1.807, 2.05) is 12.2 Å². The number of allylic oxidation sites excluding steroid dienone is 9. The van der Waals surface area contributed by atoms with Crippen LogP contribution in [-0.4, -0.2) is 22.6 Å². The molecular formula is C62H96O4.